The molecule has 1 unspecified atom stereocenters. The molecule has 0 aromatic rings. The van der Waals surface area contributed by atoms with E-state index < -0.39 is 25.5 Å². The minimum atomic E-state index is -3.60. The first kappa shape index (κ1) is 10.4. The van der Waals surface area contributed by atoms with E-state index >= 15 is 0 Å². The van der Waals surface area contributed by atoms with Crippen molar-refractivity contribution < 1.29 is 18.0 Å². The van der Waals surface area contributed by atoms with Crippen molar-refractivity contribution >= 4 is 34.9 Å². The molecule has 72 valence electrons. The van der Waals surface area contributed by atoms with Crippen LogP contribution in [0.25, 0.3) is 0 Å². The van der Waals surface area contributed by atoms with Crippen LogP contribution in [0, 0.1) is 0 Å². The summed E-state index contributed by atoms with van der Waals surface area (Å²) in [4.78, 5) is 22.7. The van der Waals surface area contributed by atoms with Crippen LogP contribution in [0.15, 0.2) is 12.2 Å². The predicted octanol–water partition coefficient (Wildman–Crippen LogP) is -0.0179. The van der Waals surface area contributed by atoms with Gasteiger partial charge in [0.15, 0.2) is 0 Å². The van der Waals surface area contributed by atoms with Crippen molar-refractivity contribution in [3.63, 3.8) is 0 Å². The predicted molar refractivity (Wildman–Crippen MR) is 48.3 cm³/mol. The minimum absolute atomic E-state index is 0.611. The van der Waals surface area contributed by atoms with Gasteiger partial charge in [-0.15, -0.1) is 0 Å². The smallest absolute Gasteiger partial charge is 0.254 e. The van der Waals surface area contributed by atoms with Gasteiger partial charge in [0.05, 0.1) is 14.8 Å². The second-order valence-electron chi connectivity index (χ2n) is 2.45. The molecule has 7 heteroatoms. The molecule has 0 aliphatic carbocycles. The lowest BCUT2D eigenvalue weighted by atomic mass is 10.5. The second kappa shape index (κ2) is 3.22. The summed E-state index contributed by atoms with van der Waals surface area (Å²) in [6.45, 7) is 1.26. The molecule has 0 saturated heterocycles. The van der Waals surface area contributed by atoms with E-state index in [9.17, 15) is 18.0 Å². The van der Waals surface area contributed by atoms with Gasteiger partial charge >= 0.3 is 0 Å². The number of hydrogen-bond acceptors (Lipinski definition) is 4. The molecule has 0 radical (unpaired) electrons. The Bertz CT molecular complexity index is 367. The van der Waals surface area contributed by atoms with Crippen LogP contribution in [-0.2, 0) is 17.9 Å². The molecule has 5 nitrogen and oxygen atoms in total. The van der Waals surface area contributed by atoms with Crippen LogP contribution in [0.3, 0.4) is 0 Å². The van der Waals surface area contributed by atoms with E-state index in [2.05, 4.69) is 14.8 Å². The summed E-state index contributed by atoms with van der Waals surface area (Å²) in [7, 11) is -3.60. The van der Waals surface area contributed by atoms with E-state index in [0.717, 1.165) is 12.2 Å². The zero-order chi connectivity index (χ0) is 10.2. The standard InChI is InChI=1S/C6H6BrNO4S/c1-4(13(7,11)12)8-5(9)2-3-6(8)10/h2-4H,1H3. The molecule has 13 heavy (non-hydrogen) atoms. The third-order valence-corrected chi connectivity index (χ3v) is 4.26. The molecule has 1 aliphatic heterocycles. The third kappa shape index (κ3) is 1.97. The SMILES string of the molecule is CC(N1C(=O)C=CC1=O)S(=O)(=O)Br. The molecule has 0 bridgehead atoms. The van der Waals surface area contributed by atoms with Gasteiger partial charge in [-0.3, -0.25) is 14.5 Å². The Labute approximate surface area is 82.5 Å². The maximum Gasteiger partial charge on any atom is 0.254 e. The Morgan fingerprint density at radius 1 is 1.31 bits per heavy atom. The molecular weight excluding hydrogens is 262 g/mol. The number of carbonyl (C=O) groups is 2. The van der Waals surface area contributed by atoms with Crippen molar-refractivity contribution in [3.8, 4) is 0 Å². The highest BCUT2D eigenvalue weighted by molar-refractivity contribution is 9.47. The lowest BCUT2D eigenvalue weighted by Crippen LogP contribution is -2.41. The third-order valence-electron chi connectivity index (χ3n) is 1.61. The first-order chi connectivity index (χ1) is 5.84. The summed E-state index contributed by atoms with van der Waals surface area (Å²) in [5.41, 5.74) is 0. The van der Waals surface area contributed by atoms with Gasteiger partial charge in [-0.2, -0.15) is 0 Å². The minimum Gasteiger partial charge on any atom is -0.269 e. The molecule has 1 atom stereocenters. The van der Waals surface area contributed by atoms with E-state index in [-0.39, 0.29) is 0 Å². The molecule has 0 spiro atoms. The molecule has 0 aromatic heterocycles. The highest BCUT2D eigenvalue weighted by atomic mass is 79.9. The summed E-state index contributed by atoms with van der Waals surface area (Å²) < 4.78 is 21.9. The van der Waals surface area contributed by atoms with Crippen LogP contribution < -0.4 is 0 Å². The number of halogens is 1. The molecule has 1 heterocycles. The lowest BCUT2D eigenvalue weighted by Gasteiger charge is -2.19. The summed E-state index contributed by atoms with van der Waals surface area (Å²) in [5.74, 6) is -1.22. The van der Waals surface area contributed by atoms with Crippen molar-refractivity contribution in [2.75, 3.05) is 0 Å². The molecular formula is C6H6BrNO4S. The molecule has 2 amide bonds. The lowest BCUT2D eigenvalue weighted by molar-refractivity contribution is -0.137. The van der Waals surface area contributed by atoms with Crippen molar-refractivity contribution in [3.05, 3.63) is 12.2 Å². The van der Waals surface area contributed by atoms with Crippen LogP contribution in [0.5, 0.6) is 0 Å². The number of amides is 2. The van der Waals surface area contributed by atoms with Gasteiger partial charge in [0.25, 0.3) is 11.8 Å². The molecule has 0 saturated carbocycles. The maximum absolute atomic E-state index is 11.0. The van der Waals surface area contributed by atoms with Gasteiger partial charge in [0.1, 0.15) is 5.37 Å². The zero-order valence-corrected chi connectivity index (χ0v) is 9.00. The quantitative estimate of drug-likeness (QED) is 0.521. The van der Waals surface area contributed by atoms with Gasteiger partial charge < -0.3 is 0 Å². The Morgan fingerprint density at radius 2 is 1.69 bits per heavy atom. The summed E-state index contributed by atoms with van der Waals surface area (Å²) in [6, 6.07) is 0. The van der Waals surface area contributed by atoms with Gasteiger partial charge in [-0.1, -0.05) is 0 Å². The van der Waals surface area contributed by atoms with Crippen molar-refractivity contribution in [1.29, 1.82) is 0 Å². The van der Waals surface area contributed by atoms with Gasteiger partial charge in [0.2, 0.25) is 8.27 Å². The fraction of sp³-hybridized carbons (Fsp3) is 0.333. The van der Waals surface area contributed by atoms with Gasteiger partial charge in [-0.05, 0) is 6.92 Å². The van der Waals surface area contributed by atoms with Crippen LogP contribution in [-0.4, -0.2) is 30.5 Å². The Balaban J connectivity index is 2.98. The van der Waals surface area contributed by atoms with Gasteiger partial charge in [0, 0.05) is 12.2 Å². The first-order valence-electron chi connectivity index (χ1n) is 3.33. The topological polar surface area (TPSA) is 71.5 Å². The maximum atomic E-state index is 11.0. The summed E-state index contributed by atoms with van der Waals surface area (Å²) in [5, 5.41) is -1.18. The monoisotopic (exact) mass is 267 g/mol. The highest BCUT2D eigenvalue weighted by Crippen LogP contribution is 2.17. The molecule has 1 aliphatic rings. The fourth-order valence-electron chi connectivity index (χ4n) is 0.896. The summed E-state index contributed by atoms with van der Waals surface area (Å²) in [6.07, 6.45) is 2.08. The summed E-state index contributed by atoms with van der Waals surface area (Å²) >= 11 is 2.41. The van der Waals surface area contributed by atoms with Crippen molar-refractivity contribution in [2.45, 2.75) is 12.3 Å². The fourth-order valence-corrected chi connectivity index (χ4v) is 1.86. The number of nitrogens with zero attached hydrogens (tertiary/aromatic N) is 1. The van der Waals surface area contributed by atoms with E-state index in [0.29, 0.717) is 4.90 Å². The molecule has 0 aromatic carbocycles. The van der Waals surface area contributed by atoms with Crippen molar-refractivity contribution in [2.24, 2.45) is 0 Å². The zero-order valence-electron chi connectivity index (χ0n) is 6.60. The van der Waals surface area contributed by atoms with Crippen LogP contribution in [0.4, 0.5) is 0 Å². The van der Waals surface area contributed by atoms with E-state index in [1.165, 1.54) is 6.92 Å². The Hall–Kier alpha value is -0.690. The Morgan fingerprint density at radius 3 is 2.00 bits per heavy atom. The number of hydrogen-bond donors (Lipinski definition) is 0. The first-order valence-corrected chi connectivity index (χ1v) is 6.71. The van der Waals surface area contributed by atoms with Crippen molar-refractivity contribution in [1.82, 2.24) is 4.90 Å². The van der Waals surface area contributed by atoms with E-state index in [4.69, 9.17) is 0 Å². The van der Waals surface area contributed by atoms with E-state index in [1.807, 2.05) is 0 Å². The normalized spacial score (nSPS) is 19.7. The van der Waals surface area contributed by atoms with Crippen LogP contribution in [0.2, 0.25) is 0 Å². The molecule has 0 N–H and O–H groups in total. The molecule has 1 rings (SSSR count). The highest BCUT2D eigenvalue weighted by Gasteiger charge is 2.34. The second-order valence-corrected chi connectivity index (χ2v) is 6.80. The van der Waals surface area contributed by atoms with Gasteiger partial charge in [-0.25, -0.2) is 8.42 Å². The average Bonchev–Trinajstić information content (AvgIpc) is 2.28. The number of rotatable bonds is 2. The van der Waals surface area contributed by atoms with Crippen LogP contribution >= 0.6 is 14.8 Å². The van der Waals surface area contributed by atoms with Crippen LogP contribution in [0.1, 0.15) is 6.92 Å². The average molecular weight is 268 g/mol. The Kier molecular flexibility index (Phi) is 2.58. The number of imide groups is 1. The largest absolute Gasteiger partial charge is 0.269 e. The number of carbonyl (C=O) groups excluding carboxylic acids is 2. The van der Waals surface area contributed by atoms with E-state index in [1.54, 1.807) is 0 Å². The molecule has 0 fully saturated rings.